The summed E-state index contributed by atoms with van der Waals surface area (Å²) in [6.07, 6.45) is 8.11. The number of rotatable bonds is 4. The zero-order chi connectivity index (χ0) is 13.0. The van der Waals surface area contributed by atoms with Crippen molar-refractivity contribution in [2.75, 3.05) is 6.61 Å². The van der Waals surface area contributed by atoms with Gasteiger partial charge in [-0.3, -0.25) is 4.79 Å². The molecule has 0 spiro atoms. The van der Waals surface area contributed by atoms with Gasteiger partial charge in [0.2, 0.25) is 5.91 Å². The van der Waals surface area contributed by atoms with Crippen LogP contribution >= 0.6 is 0 Å². The fourth-order valence-corrected chi connectivity index (χ4v) is 5.28. The van der Waals surface area contributed by atoms with Crippen LogP contribution in [-0.2, 0) is 9.53 Å². The Balaban J connectivity index is 1.37. The van der Waals surface area contributed by atoms with E-state index >= 15 is 0 Å². The van der Waals surface area contributed by atoms with Gasteiger partial charge in [-0.25, -0.2) is 0 Å². The molecule has 1 N–H and O–H groups in total. The Morgan fingerprint density at radius 1 is 1.05 bits per heavy atom. The van der Waals surface area contributed by atoms with Crippen LogP contribution < -0.4 is 5.32 Å². The predicted molar refractivity (Wildman–Crippen MR) is 72.5 cm³/mol. The molecule has 0 aromatic heterocycles. The molecule has 1 amide bonds. The molecule has 5 aliphatic carbocycles. The number of nitrogens with one attached hydrogen (secondary N) is 1. The lowest BCUT2D eigenvalue weighted by molar-refractivity contribution is -0.127. The van der Waals surface area contributed by atoms with Crippen LogP contribution in [0.2, 0.25) is 0 Å². The monoisotopic (exact) mass is 263 g/mol. The Morgan fingerprint density at radius 2 is 1.68 bits per heavy atom. The summed E-state index contributed by atoms with van der Waals surface area (Å²) in [4.78, 5) is 12.3. The molecule has 106 valence electrons. The van der Waals surface area contributed by atoms with E-state index in [4.69, 9.17) is 4.74 Å². The maximum atomic E-state index is 12.3. The van der Waals surface area contributed by atoms with Gasteiger partial charge in [-0.2, -0.15) is 0 Å². The van der Waals surface area contributed by atoms with E-state index in [1.807, 2.05) is 6.92 Å². The maximum absolute atomic E-state index is 12.3. The predicted octanol–water partition coefficient (Wildman–Crippen LogP) is 2.35. The lowest BCUT2D eigenvalue weighted by Gasteiger charge is -2.54. The molecule has 3 heteroatoms. The first-order valence-corrected chi connectivity index (χ1v) is 8.16. The number of carbonyl (C=O) groups excluding carboxylic acids is 1. The van der Waals surface area contributed by atoms with Gasteiger partial charge in [0.25, 0.3) is 0 Å². The molecule has 0 aromatic carbocycles. The first kappa shape index (κ1) is 12.2. The number of amides is 1. The van der Waals surface area contributed by atoms with Crippen LogP contribution in [0.5, 0.6) is 0 Å². The first-order valence-electron chi connectivity index (χ1n) is 8.16. The lowest BCUT2D eigenvalue weighted by Crippen LogP contribution is -2.56. The maximum Gasteiger partial charge on any atom is 0.226 e. The zero-order valence-electron chi connectivity index (χ0n) is 11.8. The Labute approximate surface area is 115 Å². The largest absolute Gasteiger partial charge is 0.378 e. The highest BCUT2D eigenvalue weighted by Crippen LogP contribution is 2.53. The minimum atomic E-state index is 0.150. The summed E-state index contributed by atoms with van der Waals surface area (Å²) in [5, 5.41) is 3.39. The van der Waals surface area contributed by atoms with Gasteiger partial charge in [-0.15, -0.1) is 0 Å². The van der Waals surface area contributed by atoms with Gasteiger partial charge in [0.1, 0.15) is 0 Å². The molecule has 5 fully saturated rings. The highest BCUT2D eigenvalue weighted by atomic mass is 16.5. The normalized spacial score (nSPS) is 50.3. The summed E-state index contributed by atoms with van der Waals surface area (Å²) in [6, 6.07) is 0.489. The Kier molecular flexibility index (Phi) is 2.87. The lowest BCUT2D eigenvalue weighted by atomic mass is 9.54. The van der Waals surface area contributed by atoms with Crippen molar-refractivity contribution in [1.29, 1.82) is 0 Å². The molecule has 5 aliphatic rings. The molecule has 0 saturated heterocycles. The van der Waals surface area contributed by atoms with Crippen LogP contribution in [0.4, 0.5) is 0 Å². The van der Waals surface area contributed by atoms with Crippen LogP contribution in [0.15, 0.2) is 0 Å². The molecular weight excluding hydrogens is 238 g/mol. The fraction of sp³-hybridized carbons (Fsp3) is 0.938. The van der Waals surface area contributed by atoms with Crippen molar-refractivity contribution in [3.05, 3.63) is 0 Å². The van der Waals surface area contributed by atoms with Crippen LogP contribution in [0.3, 0.4) is 0 Å². The second-order valence-electron chi connectivity index (χ2n) is 7.30. The van der Waals surface area contributed by atoms with E-state index in [1.54, 1.807) is 0 Å². The van der Waals surface area contributed by atoms with Gasteiger partial charge in [-0.1, -0.05) is 0 Å². The molecular formula is C16H25NO2. The molecule has 0 aromatic rings. The molecule has 0 radical (unpaired) electrons. The molecule has 5 rings (SSSR count). The van der Waals surface area contributed by atoms with Crippen molar-refractivity contribution in [3.8, 4) is 0 Å². The van der Waals surface area contributed by atoms with E-state index < -0.39 is 0 Å². The van der Waals surface area contributed by atoms with Gasteiger partial charge in [-0.05, 0) is 69.1 Å². The average molecular weight is 263 g/mol. The molecule has 4 bridgehead atoms. The van der Waals surface area contributed by atoms with Crippen molar-refractivity contribution in [1.82, 2.24) is 5.32 Å². The van der Waals surface area contributed by atoms with Crippen LogP contribution in [0.25, 0.3) is 0 Å². The molecule has 2 unspecified atom stereocenters. The van der Waals surface area contributed by atoms with Crippen LogP contribution in [0, 0.1) is 29.6 Å². The number of ether oxygens (including phenoxy) is 1. The van der Waals surface area contributed by atoms with E-state index in [9.17, 15) is 4.79 Å². The van der Waals surface area contributed by atoms with Crippen molar-refractivity contribution < 1.29 is 9.53 Å². The third-order valence-corrected chi connectivity index (χ3v) is 5.99. The van der Waals surface area contributed by atoms with E-state index in [-0.39, 0.29) is 17.9 Å². The Morgan fingerprint density at radius 3 is 2.26 bits per heavy atom. The number of hydrogen-bond acceptors (Lipinski definition) is 2. The van der Waals surface area contributed by atoms with Gasteiger partial charge >= 0.3 is 0 Å². The molecule has 3 nitrogen and oxygen atoms in total. The smallest absolute Gasteiger partial charge is 0.226 e. The second-order valence-corrected chi connectivity index (χ2v) is 7.30. The van der Waals surface area contributed by atoms with Crippen molar-refractivity contribution in [2.45, 2.75) is 57.6 Å². The van der Waals surface area contributed by atoms with Crippen molar-refractivity contribution in [3.63, 3.8) is 0 Å². The van der Waals surface area contributed by atoms with Gasteiger partial charge in [0, 0.05) is 12.6 Å². The molecule has 0 aliphatic heterocycles. The summed E-state index contributed by atoms with van der Waals surface area (Å²) < 4.78 is 5.53. The molecule has 2 atom stereocenters. The summed E-state index contributed by atoms with van der Waals surface area (Å²) in [6.45, 7) is 2.73. The standard InChI is InChI=1S/C16H25NO2/c1-2-19-14-8-13(14)16(18)17-15-11-4-9-3-10(6-11)7-12(15)5-9/h9-15H,2-8H2,1H3,(H,17,18). The Bertz CT molecular complexity index is 353. The SMILES string of the molecule is CCOC1CC1C(=O)NC1C2CC3CC(C2)CC1C3. The number of carbonyl (C=O) groups is 1. The average Bonchev–Trinajstić information content (AvgIpc) is 3.12. The topological polar surface area (TPSA) is 38.3 Å². The quantitative estimate of drug-likeness (QED) is 0.845. The van der Waals surface area contributed by atoms with E-state index in [2.05, 4.69) is 5.32 Å². The summed E-state index contributed by atoms with van der Waals surface area (Å²) in [5.74, 6) is 3.95. The van der Waals surface area contributed by atoms with E-state index in [1.165, 1.54) is 32.1 Å². The molecule has 0 heterocycles. The third kappa shape index (κ3) is 2.10. The minimum absolute atomic E-state index is 0.150. The van der Waals surface area contributed by atoms with Crippen LogP contribution in [-0.4, -0.2) is 24.7 Å². The number of hydrogen-bond donors (Lipinski definition) is 1. The summed E-state index contributed by atoms with van der Waals surface area (Å²) >= 11 is 0. The van der Waals surface area contributed by atoms with Crippen LogP contribution in [0.1, 0.15) is 45.4 Å². The Hall–Kier alpha value is -0.570. The highest BCUT2D eigenvalue weighted by Gasteiger charge is 2.51. The van der Waals surface area contributed by atoms with Gasteiger partial charge < -0.3 is 10.1 Å². The summed E-state index contributed by atoms with van der Waals surface area (Å²) in [7, 11) is 0. The third-order valence-electron chi connectivity index (χ3n) is 5.99. The van der Waals surface area contributed by atoms with Crippen molar-refractivity contribution >= 4 is 5.91 Å². The zero-order valence-corrected chi connectivity index (χ0v) is 11.8. The minimum Gasteiger partial charge on any atom is -0.378 e. The second kappa shape index (κ2) is 4.47. The van der Waals surface area contributed by atoms with E-state index in [0.29, 0.717) is 6.04 Å². The van der Waals surface area contributed by atoms with E-state index in [0.717, 1.165) is 36.7 Å². The summed E-state index contributed by atoms with van der Waals surface area (Å²) in [5.41, 5.74) is 0. The first-order chi connectivity index (χ1) is 9.24. The van der Waals surface area contributed by atoms with Crippen molar-refractivity contribution in [2.24, 2.45) is 29.6 Å². The van der Waals surface area contributed by atoms with Gasteiger partial charge in [0.15, 0.2) is 0 Å². The highest BCUT2D eigenvalue weighted by molar-refractivity contribution is 5.82. The van der Waals surface area contributed by atoms with Gasteiger partial charge in [0.05, 0.1) is 12.0 Å². The molecule has 19 heavy (non-hydrogen) atoms. The molecule has 5 saturated carbocycles. The fourth-order valence-electron chi connectivity index (χ4n) is 5.28.